The van der Waals surface area contributed by atoms with Crippen molar-refractivity contribution < 1.29 is 13.2 Å². The Morgan fingerprint density at radius 2 is 1.47 bits per heavy atom. The van der Waals surface area contributed by atoms with E-state index in [9.17, 15) is 8.42 Å². The van der Waals surface area contributed by atoms with Gasteiger partial charge in [-0.3, -0.25) is 0 Å². The maximum Gasteiger partial charge on any atom is 0.243 e. The highest BCUT2D eigenvalue weighted by Crippen LogP contribution is 2.25. The van der Waals surface area contributed by atoms with Gasteiger partial charge < -0.3 is 9.30 Å². The molecule has 1 aliphatic heterocycles. The van der Waals surface area contributed by atoms with E-state index >= 15 is 0 Å². The largest absolute Gasteiger partial charge is 0.379 e. The molecule has 1 aliphatic rings. The quantitative estimate of drug-likeness (QED) is 0.355. The van der Waals surface area contributed by atoms with E-state index in [0.717, 1.165) is 21.7 Å². The standard InChI is InChI=1S/C28H29N3O3S2/c1-21-3-7-23(8-4-21)19-31-27(20-35-28(31)29-25-11-5-22(2)6-12-25)24-9-13-26(14-10-24)36(32,33)30-15-17-34-18-16-30/h3-14,20H,15-19H2,1-2H3. The van der Waals surface area contributed by atoms with E-state index in [0.29, 0.717) is 37.7 Å². The topological polar surface area (TPSA) is 63.9 Å². The predicted molar refractivity (Wildman–Crippen MR) is 144 cm³/mol. The zero-order valence-corrected chi connectivity index (χ0v) is 22.1. The summed E-state index contributed by atoms with van der Waals surface area (Å²) in [5.74, 6) is 0. The van der Waals surface area contributed by atoms with Crippen LogP contribution in [0.4, 0.5) is 5.69 Å². The molecule has 1 saturated heterocycles. The molecule has 0 aliphatic carbocycles. The molecule has 5 rings (SSSR count). The fourth-order valence-corrected chi connectivity index (χ4v) is 6.48. The van der Waals surface area contributed by atoms with Gasteiger partial charge in [-0.25, -0.2) is 13.4 Å². The van der Waals surface area contributed by atoms with Crippen LogP contribution in [0, 0.1) is 13.8 Å². The Morgan fingerprint density at radius 3 is 2.11 bits per heavy atom. The molecule has 36 heavy (non-hydrogen) atoms. The van der Waals surface area contributed by atoms with Crippen LogP contribution >= 0.6 is 11.3 Å². The highest BCUT2D eigenvalue weighted by molar-refractivity contribution is 7.89. The van der Waals surface area contributed by atoms with Gasteiger partial charge in [-0.15, -0.1) is 11.3 Å². The summed E-state index contributed by atoms with van der Waals surface area (Å²) in [5, 5.41) is 2.09. The zero-order valence-electron chi connectivity index (χ0n) is 20.4. The third-order valence-corrected chi connectivity index (χ3v) is 9.05. The van der Waals surface area contributed by atoms with Gasteiger partial charge in [0.25, 0.3) is 0 Å². The average molecular weight is 520 g/mol. The maximum absolute atomic E-state index is 13.1. The van der Waals surface area contributed by atoms with Crippen molar-refractivity contribution in [2.75, 3.05) is 26.3 Å². The number of rotatable bonds is 6. The Kier molecular flexibility index (Phi) is 7.20. The molecular weight excluding hydrogens is 490 g/mol. The number of thiazole rings is 1. The molecule has 4 aromatic rings. The van der Waals surface area contributed by atoms with Gasteiger partial charge in [-0.2, -0.15) is 4.31 Å². The highest BCUT2D eigenvalue weighted by atomic mass is 32.2. The fraction of sp³-hybridized carbons (Fsp3) is 0.250. The second kappa shape index (κ2) is 10.5. The first-order valence-corrected chi connectivity index (χ1v) is 14.3. The van der Waals surface area contributed by atoms with Gasteiger partial charge in [-0.05, 0) is 49.2 Å². The number of aromatic nitrogens is 1. The lowest BCUT2D eigenvalue weighted by molar-refractivity contribution is 0.0730. The summed E-state index contributed by atoms with van der Waals surface area (Å²) >= 11 is 1.58. The highest BCUT2D eigenvalue weighted by Gasteiger charge is 2.26. The van der Waals surface area contributed by atoms with Crippen LogP contribution in [0.2, 0.25) is 0 Å². The normalized spacial score (nSPS) is 15.3. The molecule has 0 atom stereocenters. The molecule has 0 unspecified atom stereocenters. The first kappa shape index (κ1) is 24.6. The molecular formula is C28H29N3O3S2. The van der Waals surface area contributed by atoms with Crippen LogP contribution in [-0.2, 0) is 21.3 Å². The van der Waals surface area contributed by atoms with Crippen LogP contribution < -0.4 is 4.80 Å². The molecule has 3 aromatic carbocycles. The number of nitrogens with zero attached hydrogens (tertiary/aromatic N) is 3. The van der Waals surface area contributed by atoms with Crippen molar-refractivity contribution in [2.24, 2.45) is 4.99 Å². The Morgan fingerprint density at radius 1 is 0.861 bits per heavy atom. The summed E-state index contributed by atoms with van der Waals surface area (Å²) in [4.78, 5) is 6.12. The number of ether oxygens (including phenoxy) is 1. The summed E-state index contributed by atoms with van der Waals surface area (Å²) < 4.78 is 35.1. The molecule has 0 amide bonds. The van der Waals surface area contributed by atoms with Gasteiger partial charge in [0, 0.05) is 18.5 Å². The Labute approximate surface area is 216 Å². The van der Waals surface area contributed by atoms with Crippen molar-refractivity contribution >= 4 is 27.0 Å². The summed E-state index contributed by atoms with van der Waals surface area (Å²) in [7, 11) is -3.53. The summed E-state index contributed by atoms with van der Waals surface area (Å²) in [6, 6.07) is 23.8. The molecule has 0 spiro atoms. The first-order chi connectivity index (χ1) is 17.4. The van der Waals surface area contributed by atoms with Crippen LogP contribution in [-0.4, -0.2) is 43.6 Å². The lowest BCUT2D eigenvalue weighted by atomic mass is 10.1. The molecule has 0 radical (unpaired) electrons. The van der Waals surface area contributed by atoms with E-state index in [1.807, 2.05) is 24.3 Å². The van der Waals surface area contributed by atoms with E-state index in [4.69, 9.17) is 9.73 Å². The Balaban J connectivity index is 1.53. The van der Waals surface area contributed by atoms with Crippen molar-refractivity contribution in [1.29, 1.82) is 0 Å². The SMILES string of the molecule is Cc1ccc(Cn2c(-c3ccc(S(=O)(=O)N4CCOCC4)cc3)csc2=Nc2ccc(C)cc2)cc1. The second-order valence-electron chi connectivity index (χ2n) is 8.96. The van der Waals surface area contributed by atoms with Gasteiger partial charge in [-0.1, -0.05) is 59.7 Å². The van der Waals surface area contributed by atoms with E-state index in [1.165, 1.54) is 21.0 Å². The zero-order chi connectivity index (χ0) is 25.1. The summed E-state index contributed by atoms with van der Waals surface area (Å²) in [6.07, 6.45) is 0. The van der Waals surface area contributed by atoms with Crippen molar-refractivity contribution in [1.82, 2.24) is 8.87 Å². The third kappa shape index (κ3) is 5.37. The monoisotopic (exact) mass is 519 g/mol. The minimum Gasteiger partial charge on any atom is -0.379 e. The fourth-order valence-electron chi connectivity index (χ4n) is 4.14. The molecule has 0 N–H and O–H groups in total. The molecule has 6 nitrogen and oxygen atoms in total. The number of aryl methyl sites for hydroxylation is 2. The van der Waals surface area contributed by atoms with Gasteiger partial charge in [0.15, 0.2) is 4.80 Å². The molecule has 186 valence electrons. The van der Waals surface area contributed by atoms with Crippen molar-refractivity contribution in [3.8, 4) is 11.3 Å². The lowest BCUT2D eigenvalue weighted by Crippen LogP contribution is -2.40. The molecule has 8 heteroatoms. The van der Waals surface area contributed by atoms with Gasteiger partial charge in [0.05, 0.1) is 36.0 Å². The van der Waals surface area contributed by atoms with Crippen molar-refractivity contribution in [3.63, 3.8) is 0 Å². The lowest BCUT2D eigenvalue weighted by Gasteiger charge is -2.26. The minimum atomic E-state index is -3.53. The van der Waals surface area contributed by atoms with Crippen LogP contribution in [0.1, 0.15) is 16.7 Å². The van der Waals surface area contributed by atoms with E-state index in [-0.39, 0.29) is 0 Å². The number of hydrogen-bond acceptors (Lipinski definition) is 5. The number of hydrogen-bond donors (Lipinski definition) is 0. The molecule has 0 saturated carbocycles. The van der Waals surface area contributed by atoms with Crippen LogP contribution in [0.5, 0.6) is 0 Å². The second-order valence-corrected chi connectivity index (χ2v) is 11.7. The number of morpholine rings is 1. The van der Waals surface area contributed by atoms with E-state index in [1.54, 1.807) is 23.5 Å². The van der Waals surface area contributed by atoms with Crippen LogP contribution in [0.15, 0.2) is 88.1 Å². The van der Waals surface area contributed by atoms with Crippen LogP contribution in [0.3, 0.4) is 0 Å². The van der Waals surface area contributed by atoms with E-state index < -0.39 is 10.0 Å². The smallest absolute Gasteiger partial charge is 0.243 e. The molecule has 1 aromatic heterocycles. The summed E-state index contributed by atoms with van der Waals surface area (Å²) in [6.45, 7) is 6.43. The first-order valence-electron chi connectivity index (χ1n) is 11.9. The number of benzene rings is 3. The van der Waals surface area contributed by atoms with Gasteiger partial charge in [0.1, 0.15) is 0 Å². The molecule has 0 bridgehead atoms. The average Bonchev–Trinajstić information content (AvgIpc) is 3.29. The van der Waals surface area contributed by atoms with Gasteiger partial charge >= 0.3 is 0 Å². The summed E-state index contributed by atoms with van der Waals surface area (Å²) in [5.41, 5.74) is 6.44. The van der Waals surface area contributed by atoms with E-state index in [2.05, 4.69) is 60.2 Å². The van der Waals surface area contributed by atoms with Gasteiger partial charge in [0.2, 0.25) is 10.0 Å². The van der Waals surface area contributed by atoms with Crippen LogP contribution in [0.25, 0.3) is 11.3 Å². The maximum atomic E-state index is 13.1. The van der Waals surface area contributed by atoms with Crippen molar-refractivity contribution in [2.45, 2.75) is 25.3 Å². The molecule has 2 heterocycles. The third-order valence-electron chi connectivity index (χ3n) is 6.28. The number of sulfonamides is 1. The Hall–Kier alpha value is -3.04. The Bertz CT molecular complexity index is 1500. The van der Waals surface area contributed by atoms with Crippen molar-refractivity contribution in [3.05, 3.63) is 99.7 Å². The minimum absolute atomic E-state index is 0.304. The molecule has 1 fully saturated rings. The predicted octanol–water partition coefficient (Wildman–Crippen LogP) is 5.14.